The predicted molar refractivity (Wildman–Crippen MR) is 71.0 cm³/mol. The van der Waals surface area contributed by atoms with Crippen LogP contribution in [0.3, 0.4) is 0 Å². The Labute approximate surface area is 108 Å². The molecule has 0 bridgehead atoms. The molecule has 2 aliphatic heterocycles. The summed E-state index contributed by atoms with van der Waals surface area (Å²) in [6.07, 6.45) is 2.87. The van der Waals surface area contributed by atoms with Gasteiger partial charge in [0, 0.05) is 32.1 Å². The largest absolute Gasteiger partial charge is 0.353 e. The number of carbonyl (C=O) groups excluding carboxylic acids is 1. The summed E-state index contributed by atoms with van der Waals surface area (Å²) in [6, 6.07) is 11.1. The number of benzene rings is 1. The number of hydrogen-bond donors (Lipinski definition) is 1. The Balaban J connectivity index is 1.59. The minimum absolute atomic E-state index is 0.243. The summed E-state index contributed by atoms with van der Waals surface area (Å²) in [5, 5.41) is 3.14. The second-order valence-electron chi connectivity index (χ2n) is 5.48. The van der Waals surface area contributed by atoms with E-state index in [0.29, 0.717) is 18.4 Å². The third-order valence-electron chi connectivity index (χ3n) is 4.16. The number of amides is 1. The van der Waals surface area contributed by atoms with Gasteiger partial charge in [0.1, 0.15) is 0 Å². The minimum atomic E-state index is 0.243. The number of nitrogens with zero attached hydrogens (tertiary/aromatic N) is 1. The predicted octanol–water partition coefficient (Wildman–Crippen LogP) is 1.79. The molecule has 0 radical (unpaired) electrons. The number of likely N-dealkylation sites (tertiary alicyclic amines) is 1. The van der Waals surface area contributed by atoms with Crippen LogP contribution in [0.4, 0.5) is 0 Å². The monoisotopic (exact) mass is 244 g/mol. The van der Waals surface area contributed by atoms with Crippen LogP contribution in [0.2, 0.25) is 0 Å². The second kappa shape index (κ2) is 5.11. The average Bonchev–Trinajstić information content (AvgIpc) is 2.40. The number of hydrogen-bond acceptors (Lipinski definition) is 2. The maximum Gasteiger partial charge on any atom is 0.220 e. The van der Waals surface area contributed by atoms with Gasteiger partial charge in [0.2, 0.25) is 5.91 Å². The van der Waals surface area contributed by atoms with E-state index in [2.05, 4.69) is 40.5 Å². The lowest BCUT2D eigenvalue weighted by molar-refractivity contribution is -0.125. The summed E-state index contributed by atoms with van der Waals surface area (Å²) in [4.78, 5) is 13.9. The fourth-order valence-corrected chi connectivity index (χ4v) is 3.17. The van der Waals surface area contributed by atoms with Crippen LogP contribution in [0.15, 0.2) is 30.3 Å². The Hall–Kier alpha value is -1.35. The van der Waals surface area contributed by atoms with E-state index in [0.717, 1.165) is 32.5 Å². The zero-order valence-corrected chi connectivity index (χ0v) is 10.6. The van der Waals surface area contributed by atoms with Crippen LogP contribution in [-0.4, -0.2) is 29.9 Å². The zero-order valence-electron chi connectivity index (χ0n) is 10.6. The molecule has 1 aromatic rings. The minimum Gasteiger partial charge on any atom is -0.353 e. The Kier molecular flexibility index (Phi) is 3.33. The van der Waals surface area contributed by atoms with E-state index in [1.165, 1.54) is 5.56 Å². The van der Waals surface area contributed by atoms with Crippen LogP contribution in [0.25, 0.3) is 0 Å². The van der Waals surface area contributed by atoms with Gasteiger partial charge in [-0.15, -0.1) is 0 Å². The van der Waals surface area contributed by atoms with Crippen LogP contribution in [0, 0.1) is 5.92 Å². The summed E-state index contributed by atoms with van der Waals surface area (Å²) in [6.45, 7) is 3.26. The van der Waals surface area contributed by atoms with Gasteiger partial charge >= 0.3 is 0 Å². The fourth-order valence-electron chi connectivity index (χ4n) is 3.17. The van der Waals surface area contributed by atoms with Crippen LogP contribution < -0.4 is 5.32 Å². The smallest absolute Gasteiger partial charge is 0.220 e. The van der Waals surface area contributed by atoms with E-state index in [9.17, 15) is 4.79 Å². The molecule has 2 aliphatic rings. The normalized spacial score (nSPS) is 28.6. The molecule has 1 aromatic carbocycles. The van der Waals surface area contributed by atoms with Gasteiger partial charge in [0.05, 0.1) is 0 Å². The average molecular weight is 244 g/mol. The third-order valence-corrected chi connectivity index (χ3v) is 4.16. The Morgan fingerprint density at radius 2 is 2.06 bits per heavy atom. The van der Waals surface area contributed by atoms with Crippen molar-refractivity contribution in [1.82, 2.24) is 10.2 Å². The van der Waals surface area contributed by atoms with Crippen LogP contribution in [0.1, 0.15) is 24.8 Å². The topological polar surface area (TPSA) is 32.3 Å². The maximum atomic E-state index is 11.4. The van der Waals surface area contributed by atoms with E-state index in [1.807, 2.05) is 0 Å². The first-order chi connectivity index (χ1) is 8.81. The van der Waals surface area contributed by atoms with Crippen molar-refractivity contribution >= 4 is 5.91 Å². The van der Waals surface area contributed by atoms with Crippen molar-refractivity contribution in [3.05, 3.63) is 35.9 Å². The molecule has 96 valence electrons. The highest BCUT2D eigenvalue weighted by Crippen LogP contribution is 2.26. The summed E-state index contributed by atoms with van der Waals surface area (Å²) in [7, 11) is 0. The van der Waals surface area contributed by atoms with E-state index < -0.39 is 0 Å². The van der Waals surface area contributed by atoms with Gasteiger partial charge in [-0.1, -0.05) is 30.3 Å². The molecule has 18 heavy (non-hydrogen) atoms. The van der Waals surface area contributed by atoms with Gasteiger partial charge in [-0.3, -0.25) is 9.69 Å². The van der Waals surface area contributed by atoms with E-state index >= 15 is 0 Å². The van der Waals surface area contributed by atoms with Crippen LogP contribution in [0.5, 0.6) is 0 Å². The summed E-state index contributed by atoms with van der Waals surface area (Å²) >= 11 is 0. The van der Waals surface area contributed by atoms with Crippen LogP contribution >= 0.6 is 0 Å². The van der Waals surface area contributed by atoms with Crippen molar-refractivity contribution in [3.63, 3.8) is 0 Å². The third kappa shape index (κ3) is 2.56. The molecule has 0 saturated carbocycles. The van der Waals surface area contributed by atoms with Gasteiger partial charge in [-0.25, -0.2) is 0 Å². The first kappa shape index (κ1) is 11.7. The molecular weight excluding hydrogens is 224 g/mol. The molecule has 0 spiro atoms. The lowest BCUT2D eigenvalue weighted by Crippen LogP contribution is -2.53. The van der Waals surface area contributed by atoms with E-state index in [-0.39, 0.29) is 5.91 Å². The fraction of sp³-hybridized carbons (Fsp3) is 0.533. The van der Waals surface area contributed by atoms with Gasteiger partial charge in [0.25, 0.3) is 0 Å². The molecule has 3 nitrogen and oxygen atoms in total. The molecule has 0 aromatic heterocycles. The van der Waals surface area contributed by atoms with Crippen molar-refractivity contribution < 1.29 is 4.79 Å². The van der Waals surface area contributed by atoms with E-state index in [4.69, 9.17) is 0 Å². The lowest BCUT2D eigenvalue weighted by atomic mass is 9.85. The molecule has 2 atom stereocenters. The molecule has 3 rings (SSSR count). The molecule has 2 fully saturated rings. The number of fused-ring (bicyclic) bond motifs is 1. The molecule has 2 saturated heterocycles. The van der Waals surface area contributed by atoms with Gasteiger partial charge in [-0.2, -0.15) is 0 Å². The van der Waals surface area contributed by atoms with Gasteiger partial charge in [-0.05, 0) is 24.3 Å². The molecule has 1 amide bonds. The van der Waals surface area contributed by atoms with Crippen LogP contribution in [-0.2, 0) is 11.3 Å². The Bertz CT molecular complexity index is 418. The van der Waals surface area contributed by atoms with Crippen molar-refractivity contribution in [2.75, 3.05) is 13.1 Å². The van der Waals surface area contributed by atoms with Crippen molar-refractivity contribution in [2.24, 2.45) is 5.92 Å². The Morgan fingerprint density at radius 1 is 1.22 bits per heavy atom. The first-order valence-corrected chi connectivity index (χ1v) is 6.87. The summed E-state index contributed by atoms with van der Waals surface area (Å²) < 4.78 is 0. The highest BCUT2D eigenvalue weighted by molar-refractivity contribution is 5.77. The summed E-state index contributed by atoms with van der Waals surface area (Å²) in [5.41, 5.74) is 1.38. The lowest BCUT2D eigenvalue weighted by Gasteiger charge is -2.41. The number of nitrogens with one attached hydrogen (secondary N) is 1. The van der Waals surface area contributed by atoms with Crippen molar-refractivity contribution in [1.29, 1.82) is 0 Å². The summed E-state index contributed by atoms with van der Waals surface area (Å²) in [5.74, 6) is 0.896. The quantitative estimate of drug-likeness (QED) is 0.860. The second-order valence-corrected chi connectivity index (χ2v) is 5.48. The van der Waals surface area contributed by atoms with Crippen molar-refractivity contribution in [3.8, 4) is 0 Å². The highest BCUT2D eigenvalue weighted by atomic mass is 16.1. The van der Waals surface area contributed by atoms with Gasteiger partial charge in [0.15, 0.2) is 0 Å². The maximum absolute atomic E-state index is 11.4. The molecule has 1 N–H and O–H groups in total. The number of piperidine rings is 2. The number of carbonyl (C=O) groups is 1. The van der Waals surface area contributed by atoms with E-state index in [1.54, 1.807) is 0 Å². The molecule has 2 heterocycles. The Morgan fingerprint density at radius 3 is 2.89 bits per heavy atom. The van der Waals surface area contributed by atoms with Gasteiger partial charge < -0.3 is 5.32 Å². The zero-order chi connectivity index (χ0) is 12.4. The molecular formula is C15H20N2O. The molecule has 2 unspecified atom stereocenters. The first-order valence-electron chi connectivity index (χ1n) is 6.87. The molecule has 0 aliphatic carbocycles. The molecule has 3 heteroatoms. The standard InChI is InChI=1S/C15H20N2O/c18-15-7-6-13-11-17(9-8-14(13)16-15)10-12-4-2-1-3-5-12/h1-5,13-14H,6-11H2,(H,16,18). The SMILES string of the molecule is O=C1CCC2CN(Cc3ccccc3)CCC2N1. The van der Waals surface area contributed by atoms with Crippen molar-refractivity contribution in [2.45, 2.75) is 31.8 Å². The highest BCUT2D eigenvalue weighted by Gasteiger charge is 2.33. The number of rotatable bonds is 2.